The molecule has 0 spiro atoms. The van der Waals surface area contributed by atoms with Crippen LogP contribution in [0.25, 0.3) is 6.08 Å². The highest BCUT2D eigenvalue weighted by molar-refractivity contribution is 6.03. The van der Waals surface area contributed by atoms with Gasteiger partial charge >= 0.3 is 11.9 Å². The molecule has 0 amide bonds. The Bertz CT molecular complexity index is 837. The van der Waals surface area contributed by atoms with Gasteiger partial charge in [0.25, 0.3) is 0 Å². The largest absolute Gasteiger partial charge is 0.496 e. The minimum absolute atomic E-state index is 0.135. The van der Waals surface area contributed by atoms with Gasteiger partial charge in [0.15, 0.2) is 5.41 Å². The predicted octanol–water partition coefficient (Wildman–Crippen LogP) is 4.37. The summed E-state index contributed by atoms with van der Waals surface area (Å²) in [6, 6.07) is 15.1. The van der Waals surface area contributed by atoms with E-state index in [4.69, 9.17) is 14.2 Å². The molecule has 5 nitrogen and oxygen atoms in total. The Morgan fingerprint density at radius 1 is 0.966 bits per heavy atom. The third-order valence-electron chi connectivity index (χ3n) is 4.54. The van der Waals surface area contributed by atoms with Gasteiger partial charge in [-0.05, 0) is 38.0 Å². The fourth-order valence-corrected chi connectivity index (χ4v) is 3.05. The topological polar surface area (TPSA) is 61.8 Å². The minimum Gasteiger partial charge on any atom is -0.496 e. The molecule has 0 fully saturated rings. The van der Waals surface area contributed by atoms with Gasteiger partial charge in [0.1, 0.15) is 5.75 Å². The van der Waals surface area contributed by atoms with E-state index in [1.165, 1.54) is 0 Å². The number of hydrogen-bond donors (Lipinski definition) is 0. The molecule has 0 aliphatic rings. The molecule has 0 aromatic heterocycles. The third kappa shape index (κ3) is 5.47. The van der Waals surface area contributed by atoms with Crippen molar-refractivity contribution in [2.75, 3.05) is 20.3 Å². The maximum atomic E-state index is 13.0. The molecule has 0 bridgehead atoms. The first kappa shape index (κ1) is 22.2. The molecule has 2 aromatic rings. The van der Waals surface area contributed by atoms with Gasteiger partial charge in [0.2, 0.25) is 0 Å². The van der Waals surface area contributed by atoms with E-state index in [9.17, 15) is 9.59 Å². The van der Waals surface area contributed by atoms with E-state index in [-0.39, 0.29) is 19.6 Å². The van der Waals surface area contributed by atoms with Crippen molar-refractivity contribution in [3.8, 4) is 5.75 Å². The van der Waals surface area contributed by atoms with Crippen LogP contribution in [0.15, 0.2) is 54.6 Å². The average Bonchev–Trinajstić information content (AvgIpc) is 2.72. The van der Waals surface area contributed by atoms with Crippen LogP contribution in [0.4, 0.5) is 0 Å². The molecule has 2 rings (SSSR count). The molecule has 0 aliphatic carbocycles. The van der Waals surface area contributed by atoms with E-state index < -0.39 is 17.4 Å². The maximum Gasteiger partial charge on any atom is 0.327 e. The Labute approximate surface area is 172 Å². The van der Waals surface area contributed by atoms with Gasteiger partial charge in [-0.15, -0.1) is 0 Å². The van der Waals surface area contributed by atoms with Crippen molar-refractivity contribution in [2.45, 2.75) is 27.2 Å². The monoisotopic (exact) mass is 396 g/mol. The number of carbonyl (C=O) groups excluding carboxylic acids is 2. The molecule has 0 radical (unpaired) electrons. The van der Waals surface area contributed by atoms with Gasteiger partial charge < -0.3 is 14.2 Å². The van der Waals surface area contributed by atoms with E-state index in [0.29, 0.717) is 5.75 Å². The van der Waals surface area contributed by atoms with Gasteiger partial charge in [0.05, 0.1) is 20.3 Å². The standard InChI is InChI=1S/C24H28O5/c1-5-28-22(25)24(23(26)29-6-2,17-19-10-8-7-9-11-19)15-14-20-13-12-18(3)16-21(20)27-4/h7-16H,5-6,17H2,1-4H3/b15-14+. The molecule has 0 saturated heterocycles. The second-order valence-corrected chi connectivity index (χ2v) is 6.65. The molecule has 154 valence electrons. The van der Waals surface area contributed by atoms with Crippen LogP contribution >= 0.6 is 0 Å². The Morgan fingerprint density at radius 3 is 2.14 bits per heavy atom. The van der Waals surface area contributed by atoms with Crippen molar-refractivity contribution in [2.24, 2.45) is 5.41 Å². The van der Waals surface area contributed by atoms with E-state index in [1.54, 1.807) is 33.1 Å². The van der Waals surface area contributed by atoms with Crippen molar-refractivity contribution < 1.29 is 23.8 Å². The van der Waals surface area contributed by atoms with Gasteiger partial charge in [-0.25, -0.2) is 0 Å². The fraction of sp³-hybridized carbons (Fsp3) is 0.333. The van der Waals surface area contributed by atoms with Crippen molar-refractivity contribution in [3.05, 3.63) is 71.3 Å². The van der Waals surface area contributed by atoms with Crippen molar-refractivity contribution in [1.29, 1.82) is 0 Å². The van der Waals surface area contributed by atoms with Crippen LogP contribution in [-0.4, -0.2) is 32.3 Å². The summed E-state index contributed by atoms with van der Waals surface area (Å²) in [6.07, 6.45) is 3.43. The summed E-state index contributed by atoms with van der Waals surface area (Å²) in [5, 5.41) is 0. The molecule has 0 heterocycles. The molecule has 2 aromatic carbocycles. The molecule has 0 atom stereocenters. The van der Waals surface area contributed by atoms with Crippen LogP contribution in [0, 0.1) is 12.3 Å². The van der Waals surface area contributed by atoms with Crippen LogP contribution in [-0.2, 0) is 25.5 Å². The zero-order chi connectivity index (χ0) is 21.3. The maximum absolute atomic E-state index is 13.0. The van der Waals surface area contributed by atoms with Crippen LogP contribution in [0.1, 0.15) is 30.5 Å². The summed E-state index contributed by atoms with van der Waals surface area (Å²) >= 11 is 0. The second kappa shape index (κ2) is 10.5. The normalized spacial score (nSPS) is 11.3. The first-order chi connectivity index (χ1) is 14.0. The number of rotatable bonds is 9. The molecular formula is C24H28O5. The zero-order valence-electron chi connectivity index (χ0n) is 17.4. The second-order valence-electron chi connectivity index (χ2n) is 6.65. The van der Waals surface area contributed by atoms with Gasteiger partial charge in [-0.2, -0.15) is 0 Å². The Morgan fingerprint density at radius 2 is 1.59 bits per heavy atom. The molecule has 0 saturated carbocycles. The average molecular weight is 396 g/mol. The lowest BCUT2D eigenvalue weighted by molar-refractivity contribution is -0.167. The Balaban J connectivity index is 2.56. The van der Waals surface area contributed by atoms with Crippen LogP contribution < -0.4 is 4.74 Å². The number of aryl methyl sites for hydroxylation is 1. The first-order valence-electron chi connectivity index (χ1n) is 9.69. The minimum atomic E-state index is -1.59. The molecule has 0 aliphatic heterocycles. The molecular weight excluding hydrogens is 368 g/mol. The summed E-state index contributed by atoms with van der Waals surface area (Å²) in [7, 11) is 1.58. The smallest absolute Gasteiger partial charge is 0.327 e. The van der Waals surface area contributed by atoms with E-state index in [0.717, 1.165) is 16.7 Å². The van der Waals surface area contributed by atoms with E-state index in [1.807, 2.05) is 55.5 Å². The molecule has 0 N–H and O–H groups in total. The third-order valence-corrected chi connectivity index (χ3v) is 4.54. The SMILES string of the molecule is CCOC(=O)C(/C=C/c1ccc(C)cc1OC)(Cc1ccccc1)C(=O)OCC. The summed E-state index contributed by atoms with van der Waals surface area (Å²) in [5.41, 5.74) is 1.03. The van der Waals surface area contributed by atoms with E-state index >= 15 is 0 Å². The Hall–Kier alpha value is -3.08. The number of ether oxygens (including phenoxy) is 3. The van der Waals surface area contributed by atoms with Crippen LogP contribution in [0.3, 0.4) is 0 Å². The van der Waals surface area contributed by atoms with Gasteiger partial charge in [0, 0.05) is 12.0 Å². The fourth-order valence-electron chi connectivity index (χ4n) is 3.05. The van der Waals surface area contributed by atoms with Crippen molar-refractivity contribution in [3.63, 3.8) is 0 Å². The van der Waals surface area contributed by atoms with Gasteiger partial charge in [-0.3, -0.25) is 9.59 Å². The lowest BCUT2D eigenvalue weighted by Crippen LogP contribution is -2.42. The van der Waals surface area contributed by atoms with E-state index in [2.05, 4.69) is 0 Å². The zero-order valence-corrected chi connectivity index (χ0v) is 17.4. The number of esters is 2. The lowest BCUT2D eigenvalue weighted by atomic mass is 9.80. The van der Waals surface area contributed by atoms with Crippen LogP contribution in [0.5, 0.6) is 5.75 Å². The molecule has 5 heteroatoms. The highest BCUT2D eigenvalue weighted by Crippen LogP contribution is 2.32. The summed E-state index contributed by atoms with van der Waals surface area (Å²) in [5.74, 6) is -0.614. The number of carbonyl (C=O) groups is 2. The summed E-state index contributed by atoms with van der Waals surface area (Å²) in [6.45, 7) is 5.71. The Kier molecular flexibility index (Phi) is 8.01. The first-order valence-corrected chi connectivity index (χ1v) is 9.69. The number of benzene rings is 2. The van der Waals surface area contributed by atoms with Gasteiger partial charge in [-0.1, -0.05) is 54.6 Å². The summed E-state index contributed by atoms with van der Waals surface area (Å²) in [4.78, 5) is 26.0. The number of hydrogen-bond acceptors (Lipinski definition) is 5. The van der Waals surface area contributed by atoms with Crippen molar-refractivity contribution >= 4 is 18.0 Å². The quantitative estimate of drug-likeness (QED) is 0.465. The summed E-state index contributed by atoms with van der Waals surface area (Å²) < 4.78 is 16.0. The predicted molar refractivity (Wildman–Crippen MR) is 113 cm³/mol. The highest BCUT2D eigenvalue weighted by Gasteiger charge is 2.47. The highest BCUT2D eigenvalue weighted by atomic mass is 16.6. The lowest BCUT2D eigenvalue weighted by Gasteiger charge is -2.26. The molecule has 0 unspecified atom stereocenters. The molecule has 29 heavy (non-hydrogen) atoms. The number of methoxy groups -OCH3 is 1. The van der Waals surface area contributed by atoms with Crippen molar-refractivity contribution in [1.82, 2.24) is 0 Å². The van der Waals surface area contributed by atoms with Crippen LogP contribution in [0.2, 0.25) is 0 Å².